The van der Waals surface area contributed by atoms with Crippen molar-refractivity contribution in [3.63, 3.8) is 0 Å². The summed E-state index contributed by atoms with van der Waals surface area (Å²) in [7, 11) is 0. The molecule has 0 aliphatic heterocycles. The first-order valence-electron chi connectivity index (χ1n) is 9.30. The van der Waals surface area contributed by atoms with E-state index in [-0.39, 0.29) is 5.91 Å². The first-order valence-corrected chi connectivity index (χ1v) is 10.1. The summed E-state index contributed by atoms with van der Waals surface area (Å²) in [5.74, 6) is 1.53. The minimum atomic E-state index is 0.171. The summed E-state index contributed by atoms with van der Waals surface area (Å²) in [6.07, 6.45) is 5.65. The van der Waals surface area contributed by atoms with Gasteiger partial charge in [0.05, 0.1) is 12.2 Å². The van der Waals surface area contributed by atoms with Crippen LogP contribution in [-0.4, -0.2) is 36.5 Å². The van der Waals surface area contributed by atoms with Crippen LogP contribution in [0.5, 0.6) is 0 Å². The number of rotatable bonds is 8. The Morgan fingerprint density at radius 2 is 1.92 bits per heavy atom. The standard InChI is InChI=1S/C18H31N5OS/c1-4-19-18(22-12-17-23-13(2)14(3)25-17)21-10-9-20-16(24)11-15-7-5-6-8-15/h15H,4-12H2,1-3H3,(H,20,24)(H2,19,21,22). The number of aryl methyl sites for hydroxylation is 2. The Kier molecular flexibility index (Phi) is 8.18. The second-order valence-electron chi connectivity index (χ2n) is 6.58. The van der Waals surface area contributed by atoms with Gasteiger partial charge in [-0.2, -0.15) is 0 Å². The molecule has 2 rings (SSSR count). The molecule has 0 aromatic carbocycles. The molecule has 0 radical (unpaired) electrons. The minimum absolute atomic E-state index is 0.171. The molecule has 0 bridgehead atoms. The zero-order valence-electron chi connectivity index (χ0n) is 15.7. The van der Waals surface area contributed by atoms with Crippen LogP contribution >= 0.6 is 11.3 Å². The van der Waals surface area contributed by atoms with Gasteiger partial charge in [-0.05, 0) is 39.5 Å². The average molecular weight is 366 g/mol. The number of nitrogens with zero attached hydrogens (tertiary/aromatic N) is 2. The predicted octanol–water partition coefficient (Wildman–Crippen LogP) is 2.51. The number of carbonyl (C=O) groups is 1. The van der Waals surface area contributed by atoms with Crippen molar-refractivity contribution in [3.05, 3.63) is 15.6 Å². The van der Waals surface area contributed by atoms with Crippen molar-refractivity contribution in [2.24, 2.45) is 10.9 Å². The van der Waals surface area contributed by atoms with Gasteiger partial charge in [-0.3, -0.25) is 4.79 Å². The maximum atomic E-state index is 11.9. The topological polar surface area (TPSA) is 78.4 Å². The van der Waals surface area contributed by atoms with E-state index in [1.165, 1.54) is 30.6 Å². The van der Waals surface area contributed by atoms with Gasteiger partial charge in [0.2, 0.25) is 5.91 Å². The van der Waals surface area contributed by atoms with Crippen molar-refractivity contribution in [1.29, 1.82) is 0 Å². The van der Waals surface area contributed by atoms with Crippen LogP contribution in [0.2, 0.25) is 0 Å². The van der Waals surface area contributed by atoms with Crippen LogP contribution in [0.1, 0.15) is 54.6 Å². The number of carbonyl (C=O) groups excluding carboxylic acids is 1. The fourth-order valence-corrected chi connectivity index (χ4v) is 3.89. The summed E-state index contributed by atoms with van der Waals surface area (Å²) in [6.45, 7) is 8.80. The summed E-state index contributed by atoms with van der Waals surface area (Å²) < 4.78 is 0. The number of aromatic nitrogens is 1. The molecule has 0 atom stereocenters. The second-order valence-corrected chi connectivity index (χ2v) is 7.86. The summed E-state index contributed by atoms with van der Waals surface area (Å²) >= 11 is 1.69. The van der Waals surface area contributed by atoms with E-state index >= 15 is 0 Å². The molecule has 25 heavy (non-hydrogen) atoms. The van der Waals surface area contributed by atoms with Gasteiger partial charge in [-0.25, -0.2) is 9.98 Å². The number of hydrogen-bond acceptors (Lipinski definition) is 4. The van der Waals surface area contributed by atoms with Gasteiger partial charge < -0.3 is 16.0 Å². The Balaban J connectivity index is 1.69. The highest BCUT2D eigenvalue weighted by molar-refractivity contribution is 7.11. The summed E-state index contributed by atoms with van der Waals surface area (Å²) in [4.78, 5) is 22.2. The molecule has 1 aromatic heterocycles. The summed E-state index contributed by atoms with van der Waals surface area (Å²) in [5, 5.41) is 10.5. The third-order valence-electron chi connectivity index (χ3n) is 4.48. The normalized spacial score (nSPS) is 15.4. The number of nitrogens with one attached hydrogen (secondary N) is 3. The van der Waals surface area contributed by atoms with E-state index in [2.05, 4.69) is 32.9 Å². The Hall–Kier alpha value is -1.63. The van der Waals surface area contributed by atoms with Crippen LogP contribution in [-0.2, 0) is 11.3 Å². The molecule has 7 heteroatoms. The molecule has 1 aliphatic carbocycles. The summed E-state index contributed by atoms with van der Waals surface area (Å²) in [5.41, 5.74) is 1.08. The quantitative estimate of drug-likeness (QED) is 0.376. The first-order chi connectivity index (χ1) is 12.1. The van der Waals surface area contributed by atoms with Crippen molar-refractivity contribution < 1.29 is 4.79 Å². The third kappa shape index (κ3) is 7.02. The Labute approximate surface area is 154 Å². The number of thiazole rings is 1. The van der Waals surface area contributed by atoms with E-state index in [9.17, 15) is 4.79 Å². The predicted molar refractivity (Wildman–Crippen MR) is 104 cm³/mol. The zero-order chi connectivity index (χ0) is 18.1. The van der Waals surface area contributed by atoms with Crippen LogP contribution < -0.4 is 16.0 Å². The van der Waals surface area contributed by atoms with E-state index in [0.717, 1.165) is 23.2 Å². The monoisotopic (exact) mass is 365 g/mol. The zero-order valence-corrected chi connectivity index (χ0v) is 16.5. The molecule has 1 heterocycles. The largest absolute Gasteiger partial charge is 0.357 e. The Bertz CT molecular complexity index is 559. The Morgan fingerprint density at radius 3 is 2.56 bits per heavy atom. The van der Waals surface area contributed by atoms with Crippen molar-refractivity contribution in [2.45, 2.75) is 59.4 Å². The highest BCUT2D eigenvalue weighted by atomic mass is 32.1. The molecule has 0 spiro atoms. The molecular formula is C18H31N5OS. The lowest BCUT2D eigenvalue weighted by molar-refractivity contribution is -0.121. The van der Waals surface area contributed by atoms with Gasteiger partial charge in [0.15, 0.2) is 5.96 Å². The van der Waals surface area contributed by atoms with Crippen LogP contribution in [0.4, 0.5) is 0 Å². The number of guanidine groups is 1. The van der Waals surface area contributed by atoms with E-state index < -0.39 is 0 Å². The van der Waals surface area contributed by atoms with Crippen molar-refractivity contribution in [3.8, 4) is 0 Å². The molecule has 0 saturated heterocycles. The highest BCUT2D eigenvalue weighted by Crippen LogP contribution is 2.27. The molecule has 1 aromatic rings. The second kappa shape index (κ2) is 10.4. The molecule has 1 aliphatic rings. The number of aliphatic imine (C=N–C) groups is 1. The van der Waals surface area contributed by atoms with E-state index in [4.69, 9.17) is 0 Å². The number of amides is 1. The van der Waals surface area contributed by atoms with Gasteiger partial charge in [-0.15, -0.1) is 11.3 Å². The lowest BCUT2D eigenvalue weighted by atomic mass is 10.0. The molecule has 1 amide bonds. The minimum Gasteiger partial charge on any atom is -0.357 e. The van der Waals surface area contributed by atoms with E-state index in [1.807, 2.05) is 13.8 Å². The van der Waals surface area contributed by atoms with E-state index in [0.29, 0.717) is 32.0 Å². The molecule has 140 valence electrons. The molecule has 6 nitrogen and oxygen atoms in total. The van der Waals surface area contributed by atoms with Crippen molar-refractivity contribution in [1.82, 2.24) is 20.9 Å². The van der Waals surface area contributed by atoms with Crippen LogP contribution in [0.25, 0.3) is 0 Å². The maximum Gasteiger partial charge on any atom is 0.220 e. The average Bonchev–Trinajstić information content (AvgIpc) is 3.19. The molecule has 1 saturated carbocycles. The van der Waals surface area contributed by atoms with Gasteiger partial charge in [0.25, 0.3) is 0 Å². The third-order valence-corrected chi connectivity index (χ3v) is 5.54. The van der Waals surface area contributed by atoms with Crippen LogP contribution in [0, 0.1) is 19.8 Å². The van der Waals surface area contributed by atoms with Gasteiger partial charge >= 0.3 is 0 Å². The fourth-order valence-electron chi connectivity index (χ4n) is 3.03. The van der Waals surface area contributed by atoms with Gasteiger partial charge in [0, 0.05) is 30.9 Å². The maximum absolute atomic E-state index is 11.9. The lowest BCUT2D eigenvalue weighted by Gasteiger charge is -2.12. The van der Waals surface area contributed by atoms with E-state index in [1.54, 1.807) is 11.3 Å². The molecule has 0 unspecified atom stereocenters. The van der Waals surface area contributed by atoms with Gasteiger partial charge in [-0.1, -0.05) is 12.8 Å². The lowest BCUT2D eigenvalue weighted by Crippen LogP contribution is -2.41. The fraction of sp³-hybridized carbons (Fsp3) is 0.722. The molecule has 1 fully saturated rings. The first kappa shape index (κ1) is 19.7. The Morgan fingerprint density at radius 1 is 1.20 bits per heavy atom. The smallest absolute Gasteiger partial charge is 0.220 e. The molecular weight excluding hydrogens is 334 g/mol. The van der Waals surface area contributed by atoms with Gasteiger partial charge in [0.1, 0.15) is 5.01 Å². The number of hydrogen-bond donors (Lipinski definition) is 3. The van der Waals surface area contributed by atoms with Crippen molar-refractivity contribution >= 4 is 23.2 Å². The van der Waals surface area contributed by atoms with Crippen molar-refractivity contribution in [2.75, 3.05) is 19.6 Å². The molecule has 3 N–H and O–H groups in total. The van der Waals surface area contributed by atoms with Crippen LogP contribution in [0.15, 0.2) is 4.99 Å². The SMILES string of the molecule is CCNC(=NCc1nc(C)c(C)s1)NCCNC(=O)CC1CCCC1. The summed E-state index contributed by atoms with van der Waals surface area (Å²) in [6, 6.07) is 0. The van der Waals surface area contributed by atoms with Crippen LogP contribution in [0.3, 0.4) is 0 Å². The highest BCUT2D eigenvalue weighted by Gasteiger charge is 2.17.